The van der Waals surface area contributed by atoms with Crippen LogP contribution in [0.1, 0.15) is 31.5 Å². The highest BCUT2D eigenvalue weighted by Gasteiger charge is 2.16. The number of nitrogens with one attached hydrogen (secondary N) is 1. The van der Waals surface area contributed by atoms with E-state index in [0.717, 1.165) is 31.1 Å². The Bertz CT molecular complexity index is 323. The van der Waals surface area contributed by atoms with E-state index in [-0.39, 0.29) is 5.41 Å². The molecule has 0 aliphatic heterocycles. The van der Waals surface area contributed by atoms with E-state index in [1.54, 1.807) is 0 Å². The number of halogens is 1. The first-order valence-electron chi connectivity index (χ1n) is 5.72. The van der Waals surface area contributed by atoms with Crippen molar-refractivity contribution < 1.29 is 0 Å². The molecule has 0 aliphatic rings. The number of aryl methyl sites for hydroxylation is 1. The SMILES string of the molecule is Cc1cccnc1CNCC(C)(C)CCCl. The van der Waals surface area contributed by atoms with Gasteiger partial charge in [0, 0.05) is 25.2 Å². The van der Waals surface area contributed by atoms with Crippen LogP contribution >= 0.6 is 11.6 Å². The summed E-state index contributed by atoms with van der Waals surface area (Å²) in [6, 6.07) is 4.06. The number of nitrogens with zero attached hydrogens (tertiary/aromatic N) is 1. The van der Waals surface area contributed by atoms with Crippen molar-refractivity contribution in [3.8, 4) is 0 Å². The van der Waals surface area contributed by atoms with Crippen LogP contribution in [0.15, 0.2) is 18.3 Å². The van der Waals surface area contributed by atoms with E-state index in [4.69, 9.17) is 11.6 Å². The average Bonchev–Trinajstić information content (AvgIpc) is 2.20. The largest absolute Gasteiger partial charge is 0.311 e. The zero-order chi connectivity index (χ0) is 12.0. The van der Waals surface area contributed by atoms with Crippen LogP contribution in [0.3, 0.4) is 0 Å². The molecule has 0 aromatic carbocycles. The fourth-order valence-electron chi connectivity index (χ4n) is 1.57. The highest BCUT2D eigenvalue weighted by Crippen LogP contribution is 2.19. The summed E-state index contributed by atoms with van der Waals surface area (Å²) in [5.74, 6) is 0.720. The first-order chi connectivity index (χ1) is 7.55. The number of aromatic nitrogens is 1. The highest BCUT2D eigenvalue weighted by molar-refractivity contribution is 6.17. The number of alkyl halides is 1. The molecule has 0 bridgehead atoms. The summed E-state index contributed by atoms with van der Waals surface area (Å²) in [6.07, 6.45) is 2.87. The second-order valence-corrected chi connectivity index (χ2v) is 5.35. The fourth-order valence-corrected chi connectivity index (χ4v) is 2.08. The smallest absolute Gasteiger partial charge is 0.0570 e. The molecule has 1 N–H and O–H groups in total. The number of pyridine rings is 1. The minimum absolute atomic E-state index is 0.254. The lowest BCUT2D eigenvalue weighted by Gasteiger charge is -2.23. The van der Waals surface area contributed by atoms with Gasteiger partial charge < -0.3 is 5.32 Å². The van der Waals surface area contributed by atoms with Crippen LogP contribution in [-0.2, 0) is 6.54 Å². The molecular formula is C13H21ClN2. The Hall–Kier alpha value is -0.600. The Balaban J connectivity index is 2.39. The zero-order valence-electron chi connectivity index (χ0n) is 10.4. The van der Waals surface area contributed by atoms with Crippen molar-refractivity contribution >= 4 is 11.6 Å². The van der Waals surface area contributed by atoms with Crippen molar-refractivity contribution in [3.63, 3.8) is 0 Å². The molecule has 0 unspecified atom stereocenters. The lowest BCUT2D eigenvalue weighted by atomic mass is 9.90. The molecule has 1 heterocycles. The molecule has 0 spiro atoms. The van der Waals surface area contributed by atoms with Gasteiger partial charge in [0.05, 0.1) is 5.69 Å². The summed E-state index contributed by atoms with van der Waals surface area (Å²) in [4.78, 5) is 4.36. The molecule has 1 aromatic heterocycles. The predicted octanol–water partition coefficient (Wildman–Crippen LogP) is 3.13. The summed E-state index contributed by atoms with van der Waals surface area (Å²) in [5, 5.41) is 3.45. The van der Waals surface area contributed by atoms with E-state index in [1.165, 1.54) is 5.56 Å². The second-order valence-electron chi connectivity index (χ2n) is 4.97. The number of rotatable bonds is 6. The molecule has 0 saturated carbocycles. The molecule has 0 fully saturated rings. The Labute approximate surface area is 103 Å². The lowest BCUT2D eigenvalue weighted by molar-refractivity contribution is 0.329. The number of hydrogen-bond donors (Lipinski definition) is 1. The Morgan fingerprint density at radius 2 is 2.19 bits per heavy atom. The summed E-state index contributed by atoms with van der Waals surface area (Å²) in [7, 11) is 0. The Morgan fingerprint density at radius 1 is 1.44 bits per heavy atom. The van der Waals surface area contributed by atoms with Crippen molar-refractivity contribution in [1.29, 1.82) is 0 Å². The van der Waals surface area contributed by atoms with Crippen LogP contribution in [0.25, 0.3) is 0 Å². The summed E-state index contributed by atoms with van der Waals surface area (Å²) in [5.41, 5.74) is 2.62. The van der Waals surface area contributed by atoms with Gasteiger partial charge in [0.1, 0.15) is 0 Å². The van der Waals surface area contributed by atoms with Crippen molar-refractivity contribution in [2.75, 3.05) is 12.4 Å². The van der Waals surface area contributed by atoms with Gasteiger partial charge in [-0.2, -0.15) is 0 Å². The standard InChI is InChI=1S/C13H21ClN2/c1-11-5-4-8-16-12(11)9-15-10-13(2,3)6-7-14/h4-5,8,15H,6-7,9-10H2,1-3H3. The third-order valence-electron chi connectivity index (χ3n) is 2.79. The molecule has 0 saturated heterocycles. The maximum atomic E-state index is 5.77. The van der Waals surface area contributed by atoms with Crippen molar-refractivity contribution in [2.45, 2.75) is 33.7 Å². The molecular weight excluding hydrogens is 220 g/mol. The lowest BCUT2D eigenvalue weighted by Crippen LogP contribution is -2.29. The zero-order valence-corrected chi connectivity index (χ0v) is 11.1. The van der Waals surface area contributed by atoms with E-state index < -0.39 is 0 Å². The first-order valence-corrected chi connectivity index (χ1v) is 6.26. The second kappa shape index (κ2) is 6.21. The van der Waals surface area contributed by atoms with Gasteiger partial charge in [-0.15, -0.1) is 11.6 Å². The quantitative estimate of drug-likeness (QED) is 0.773. The van der Waals surface area contributed by atoms with E-state index in [1.807, 2.05) is 12.3 Å². The van der Waals surface area contributed by atoms with Gasteiger partial charge in [0.15, 0.2) is 0 Å². The highest BCUT2D eigenvalue weighted by atomic mass is 35.5. The summed E-state index contributed by atoms with van der Waals surface area (Å²) in [6.45, 7) is 8.35. The molecule has 3 heteroatoms. The molecule has 0 radical (unpaired) electrons. The normalized spacial score (nSPS) is 11.8. The summed E-state index contributed by atoms with van der Waals surface area (Å²) < 4.78 is 0. The van der Waals surface area contributed by atoms with Crippen LogP contribution in [0, 0.1) is 12.3 Å². The molecule has 0 aliphatic carbocycles. The maximum absolute atomic E-state index is 5.77. The maximum Gasteiger partial charge on any atom is 0.0570 e. The average molecular weight is 241 g/mol. The fraction of sp³-hybridized carbons (Fsp3) is 0.615. The molecule has 0 amide bonds. The van der Waals surface area contributed by atoms with Crippen LogP contribution < -0.4 is 5.32 Å². The van der Waals surface area contributed by atoms with Crippen LogP contribution in [-0.4, -0.2) is 17.4 Å². The van der Waals surface area contributed by atoms with Gasteiger partial charge in [-0.05, 0) is 30.4 Å². The molecule has 0 atom stereocenters. The Kier molecular flexibility index (Phi) is 5.23. The summed E-state index contributed by atoms with van der Waals surface area (Å²) >= 11 is 5.77. The van der Waals surface area contributed by atoms with E-state index >= 15 is 0 Å². The van der Waals surface area contributed by atoms with Gasteiger partial charge in [-0.1, -0.05) is 19.9 Å². The van der Waals surface area contributed by atoms with Crippen LogP contribution in [0.5, 0.6) is 0 Å². The molecule has 90 valence electrons. The molecule has 16 heavy (non-hydrogen) atoms. The van der Waals surface area contributed by atoms with Crippen LogP contribution in [0.4, 0.5) is 0 Å². The topological polar surface area (TPSA) is 24.9 Å². The predicted molar refractivity (Wildman–Crippen MR) is 69.8 cm³/mol. The first kappa shape index (κ1) is 13.5. The van der Waals surface area contributed by atoms with Crippen molar-refractivity contribution in [2.24, 2.45) is 5.41 Å². The van der Waals surface area contributed by atoms with Gasteiger partial charge in [0.25, 0.3) is 0 Å². The van der Waals surface area contributed by atoms with E-state index in [9.17, 15) is 0 Å². The number of hydrogen-bond acceptors (Lipinski definition) is 2. The Morgan fingerprint density at radius 3 is 2.81 bits per heavy atom. The minimum Gasteiger partial charge on any atom is -0.311 e. The van der Waals surface area contributed by atoms with Crippen molar-refractivity contribution in [1.82, 2.24) is 10.3 Å². The minimum atomic E-state index is 0.254. The molecule has 1 rings (SSSR count). The van der Waals surface area contributed by atoms with Gasteiger partial charge in [-0.3, -0.25) is 4.98 Å². The van der Waals surface area contributed by atoms with Crippen LogP contribution in [0.2, 0.25) is 0 Å². The van der Waals surface area contributed by atoms with Gasteiger partial charge >= 0.3 is 0 Å². The van der Waals surface area contributed by atoms with E-state index in [2.05, 4.69) is 37.1 Å². The third-order valence-corrected chi connectivity index (χ3v) is 2.97. The van der Waals surface area contributed by atoms with Crippen molar-refractivity contribution in [3.05, 3.63) is 29.6 Å². The van der Waals surface area contributed by atoms with E-state index in [0.29, 0.717) is 0 Å². The monoisotopic (exact) mass is 240 g/mol. The molecule has 1 aromatic rings. The van der Waals surface area contributed by atoms with Gasteiger partial charge in [-0.25, -0.2) is 0 Å². The third kappa shape index (κ3) is 4.50. The molecule has 2 nitrogen and oxygen atoms in total. The van der Waals surface area contributed by atoms with Gasteiger partial charge in [0.2, 0.25) is 0 Å².